The van der Waals surface area contributed by atoms with E-state index in [0.29, 0.717) is 12.3 Å². The van der Waals surface area contributed by atoms with Gasteiger partial charge in [0.2, 0.25) is 5.09 Å². The SMILES string of the molecule is CNS(=O)(=O)c1ccc(CNCCCn2cccn2)o1. The minimum Gasteiger partial charge on any atom is -0.447 e. The molecule has 110 valence electrons. The van der Waals surface area contributed by atoms with Crippen LogP contribution in [0.2, 0.25) is 0 Å². The molecule has 2 aromatic heterocycles. The van der Waals surface area contributed by atoms with Gasteiger partial charge in [0, 0.05) is 18.9 Å². The first kappa shape index (κ1) is 14.8. The number of rotatable bonds is 8. The summed E-state index contributed by atoms with van der Waals surface area (Å²) in [6, 6.07) is 5.00. The Morgan fingerprint density at radius 3 is 2.95 bits per heavy atom. The van der Waals surface area contributed by atoms with Gasteiger partial charge in [0.05, 0.1) is 6.54 Å². The second kappa shape index (κ2) is 6.69. The van der Waals surface area contributed by atoms with E-state index >= 15 is 0 Å². The van der Waals surface area contributed by atoms with E-state index in [-0.39, 0.29) is 5.09 Å². The summed E-state index contributed by atoms with van der Waals surface area (Å²) in [5, 5.41) is 7.24. The van der Waals surface area contributed by atoms with Crippen LogP contribution < -0.4 is 10.0 Å². The molecule has 0 saturated heterocycles. The van der Waals surface area contributed by atoms with Gasteiger partial charge in [-0.05, 0) is 38.2 Å². The van der Waals surface area contributed by atoms with Gasteiger partial charge >= 0.3 is 0 Å². The number of sulfonamides is 1. The molecule has 0 bridgehead atoms. The lowest BCUT2D eigenvalue weighted by molar-refractivity contribution is 0.398. The maximum Gasteiger partial charge on any atom is 0.273 e. The third-order valence-electron chi connectivity index (χ3n) is 2.77. The number of aryl methyl sites for hydroxylation is 1. The van der Waals surface area contributed by atoms with Crippen LogP contribution in [0.5, 0.6) is 0 Å². The molecule has 0 unspecified atom stereocenters. The predicted molar refractivity (Wildman–Crippen MR) is 73.5 cm³/mol. The Morgan fingerprint density at radius 1 is 1.40 bits per heavy atom. The van der Waals surface area contributed by atoms with Crippen molar-refractivity contribution in [2.45, 2.75) is 24.6 Å². The van der Waals surface area contributed by atoms with Crippen LogP contribution in [0.15, 0.2) is 40.1 Å². The van der Waals surface area contributed by atoms with Crippen LogP contribution in [0.3, 0.4) is 0 Å². The number of hydrogen-bond donors (Lipinski definition) is 2. The van der Waals surface area contributed by atoms with E-state index in [0.717, 1.165) is 19.5 Å². The Bertz CT molecular complexity index is 619. The van der Waals surface area contributed by atoms with Crippen molar-refractivity contribution < 1.29 is 12.8 Å². The van der Waals surface area contributed by atoms with Gasteiger partial charge in [-0.2, -0.15) is 5.10 Å². The lowest BCUT2D eigenvalue weighted by Crippen LogP contribution is -2.18. The van der Waals surface area contributed by atoms with Gasteiger partial charge in [-0.3, -0.25) is 4.68 Å². The van der Waals surface area contributed by atoms with Crippen molar-refractivity contribution in [2.75, 3.05) is 13.6 Å². The molecule has 20 heavy (non-hydrogen) atoms. The normalized spacial score (nSPS) is 11.8. The second-order valence-electron chi connectivity index (χ2n) is 4.23. The van der Waals surface area contributed by atoms with E-state index in [9.17, 15) is 8.42 Å². The zero-order valence-corrected chi connectivity index (χ0v) is 12.1. The van der Waals surface area contributed by atoms with Gasteiger partial charge in [-0.25, -0.2) is 13.1 Å². The zero-order chi connectivity index (χ0) is 14.4. The topological polar surface area (TPSA) is 89.2 Å². The Balaban J connectivity index is 1.72. The smallest absolute Gasteiger partial charge is 0.273 e. The molecule has 7 nitrogen and oxygen atoms in total. The molecule has 8 heteroatoms. The van der Waals surface area contributed by atoms with E-state index in [1.54, 1.807) is 12.3 Å². The second-order valence-corrected chi connectivity index (χ2v) is 6.05. The maximum absolute atomic E-state index is 11.5. The summed E-state index contributed by atoms with van der Waals surface area (Å²) in [4.78, 5) is 0. The van der Waals surface area contributed by atoms with E-state index in [4.69, 9.17) is 4.42 Å². The van der Waals surface area contributed by atoms with E-state index in [1.807, 2.05) is 16.9 Å². The van der Waals surface area contributed by atoms with Crippen LogP contribution >= 0.6 is 0 Å². The van der Waals surface area contributed by atoms with Crippen molar-refractivity contribution in [3.63, 3.8) is 0 Å². The largest absolute Gasteiger partial charge is 0.447 e. The summed E-state index contributed by atoms with van der Waals surface area (Å²) in [6.07, 6.45) is 4.60. The summed E-state index contributed by atoms with van der Waals surface area (Å²) < 4.78 is 32.3. The lowest BCUT2D eigenvalue weighted by Gasteiger charge is -2.03. The standard InChI is InChI=1S/C12H18N4O3S/c1-13-20(17,18)12-5-4-11(19-12)10-14-6-2-8-16-9-3-7-15-16/h3-5,7,9,13-14H,2,6,8,10H2,1H3. The van der Waals surface area contributed by atoms with Crippen molar-refractivity contribution in [2.24, 2.45) is 0 Å². The molecule has 0 radical (unpaired) electrons. The Morgan fingerprint density at radius 2 is 2.25 bits per heavy atom. The molecular formula is C12H18N4O3S. The van der Waals surface area contributed by atoms with Gasteiger partial charge in [0.25, 0.3) is 10.0 Å². The summed E-state index contributed by atoms with van der Waals surface area (Å²) >= 11 is 0. The highest BCUT2D eigenvalue weighted by Crippen LogP contribution is 2.13. The van der Waals surface area contributed by atoms with Crippen LogP contribution in [-0.4, -0.2) is 31.8 Å². The first-order valence-corrected chi connectivity index (χ1v) is 7.80. The summed E-state index contributed by atoms with van der Waals surface area (Å²) in [6.45, 7) is 2.14. The Labute approximate surface area is 118 Å². The van der Waals surface area contributed by atoms with Crippen molar-refractivity contribution in [1.29, 1.82) is 0 Å². The van der Waals surface area contributed by atoms with Gasteiger partial charge in [-0.1, -0.05) is 0 Å². The van der Waals surface area contributed by atoms with Crippen LogP contribution in [0, 0.1) is 0 Å². The first-order chi connectivity index (χ1) is 9.62. The van der Waals surface area contributed by atoms with Crippen molar-refractivity contribution in [1.82, 2.24) is 19.8 Å². The molecule has 2 aromatic rings. The Kier molecular flexibility index (Phi) is 4.94. The molecule has 2 heterocycles. The first-order valence-electron chi connectivity index (χ1n) is 6.32. The number of nitrogens with zero attached hydrogens (tertiary/aromatic N) is 2. The van der Waals surface area contributed by atoms with Crippen LogP contribution in [0.4, 0.5) is 0 Å². The van der Waals surface area contributed by atoms with Gasteiger partial charge in [0.15, 0.2) is 0 Å². The van der Waals surface area contributed by atoms with Gasteiger partial charge in [-0.15, -0.1) is 0 Å². The molecule has 0 aliphatic rings. The molecule has 2 N–H and O–H groups in total. The monoisotopic (exact) mass is 298 g/mol. The molecule has 0 spiro atoms. The maximum atomic E-state index is 11.5. The molecule has 0 aromatic carbocycles. The fourth-order valence-electron chi connectivity index (χ4n) is 1.71. The third kappa shape index (κ3) is 3.92. The molecule has 0 amide bonds. The molecule has 0 saturated carbocycles. The number of hydrogen-bond acceptors (Lipinski definition) is 5. The molecular weight excluding hydrogens is 280 g/mol. The molecule has 0 aliphatic heterocycles. The summed E-state index contributed by atoms with van der Waals surface area (Å²) in [7, 11) is -2.15. The van der Waals surface area contributed by atoms with Crippen molar-refractivity contribution >= 4 is 10.0 Å². The summed E-state index contributed by atoms with van der Waals surface area (Å²) in [5.74, 6) is 0.595. The highest BCUT2D eigenvalue weighted by atomic mass is 32.2. The minimum absolute atomic E-state index is 0.0617. The molecule has 0 atom stereocenters. The number of nitrogens with one attached hydrogen (secondary N) is 2. The molecule has 0 fully saturated rings. The fraction of sp³-hybridized carbons (Fsp3) is 0.417. The Hall–Kier alpha value is -1.64. The van der Waals surface area contributed by atoms with Crippen molar-refractivity contribution in [3.05, 3.63) is 36.4 Å². The van der Waals surface area contributed by atoms with E-state index < -0.39 is 10.0 Å². The lowest BCUT2D eigenvalue weighted by atomic mass is 10.4. The van der Waals surface area contributed by atoms with E-state index in [1.165, 1.54) is 13.1 Å². The molecule has 2 rings (SSSR count). The number of furan rings is 1. The highest BCUT2D eigenvalue weighted by molar-refractivity contribution is 7.89. The van der Waals surface area contributed by atoms with Crippen LogP contribution in [-0.2, 0) is 23.1 Å². The average molecular weight is 298 g/mol. The summed E-state index contributed by atoms with van der Waals surface area (Å²) in [5.41, 5.74) is 0. The van der Waals surface area contributed by atoms with E-state index in [2.05, 4.69) is 15.1 Å². The quantitative estimate of drug-likeness (QED) is 0.695. The zero-order valence-electron chi connectivity index (χ0n) is 11.2. The van der Waals surface area contributed by atoms with Crippen molar-refractivity contribution in [3.8, 4) is 0 Å². The third-order valence-corrected chi connectivity index (χ3v) is 4.06. The van der Waals surface area contributed by atoms with Gasteiger partial charge < -0.3 is 9.73 Å². The van der Waals surface area contributed by atoms with Crippen LogP contribution in [0.25, 0.3) is 0 Å². The average Bonchev–Trinajstić information content (AvgIpc) is 3.09. The fourth-order valence-corrected chi connectivity index (χ4v) is 2.37. The van der Waals surface area contributed by atoms with Gasteiger partial charge in [0.1, 0.15) is 5.76 Å². The van der Waals surface area contributed by atoms with Crippen LogP contribution in [0.1, 0.15) is 12.2 Å². The predicted octanol–water partition coefficient (Wildman–Crippen LogP) is 0.564. The molecule has 0 aliphatic carbocycles. The minimum atomic E-state index is -3.50. The number of aromatic nitrogens is 2. The highest BCUT2D eigenvalue weighted by Gasteiger charge is 2.15.